The van der Waals surface area contributed by atoms with Crippen molar-refractivity contribution in [2.24, 2.45) is 0 Å². The summed E-state index contributed by atoms with van der Waals surface area (Å²) in [6, 6.07) is 8.93. The molecule has 0 saturated heterocycles. The van der Waals surface area contributed by atoms with Gasteiger partial charge >= 0.3 is 0 Å². The predicted octanol–water partition coefficient (Wildman–Crippen LogP) is 4.14. The van der Waals surface area contributed by atoms with Crippen LogP contribution in [0.4, 0.5) is 0 Å². The summed E-state index contributed by atoms with van der Waals surface area (Å²) in [5, 5.41) is 3.64. The summed E-state index contributed by atoms with van der Waals surface area (Å²) in [7, 11) is 1.71. The largest absolute Gasteiger partial charge is 0.497 e. The van der Waals surface area contributed by atoms with Crippen LogP contribution in [-0.2, 0) is 6.54 Å². The second-order valence-electron chi connectivity index (χ2n) is 4.83. The maximum absolute atomic E-state index is 5.24. The van der Waals surface area contributed by atoms with Gasteiger partial charge in [0.25, 0.3) is 0 Å². The van der Waals surface area contributed by atoms with E-state index in [2.05, 4.69) is 31.3 Å². The third kappa shape index (κ3) is 5.54. The Morgan fingerprint density at radius 2 is 2.06 bits per heavy atom. The van der Waals surface area contributed by atoms with E-state index in [0.29, 0.717) is 6.04 Å². The highest BCUT2D eigenvalue weighted by Gasteiger charge is 2.05. The standard InChI is InChI=1S/C16H27NO/c1-4-6-7-10-15(5-2)17-13-14-9-8-11-16(12-14)18-3/h8-9,11-12,15,17H,4-7,10,13H2,1-3H3. The number of ether oxygens (including phenoxy) is 1. The molecule has 0 heterocycles. The summed E-state index contributed by atoms with van der Waals surface area (Å²) in [4.78, 5) is 0. The third-order valence-electron chi connectivity index (χ3n) is 3.38. The molecule has 0 fully saturated rings. The Bertz CT molecular complexity index is 325. The topological polar surface area (TPSA) is 21.3 Å². The summed E-state index contributed by atoms with van der Waals surface area (Å²) < 4.78 is 5.24. The molecule has 0 saturated carbocycles. The van der Waals surface area contributed by atoms with E-state index in [1.54, 1.807) is 7.11 Å². The molecule has 1 aromatic carbocycles. The van der Waals surface area contributed by atoms with Crippen LogP contribution in [0.1, 0.15) is 51.5 Å². The molecule has 0 aliphatic heterocycles. The zero-order chi connectivity index (χ0) is 13.2. The molecule has 0 aliphatic carbocycles. The van der Waals surface area contributed by atoms with E-state index in [1.807, 2.05) is 12.1 Å². The molecule has 1 atom stereocenters. The Morgan fingerprint density at radius 1 is 1.22 bits per heavy atom. The molecule has 0 amide bonds. The van der Waals surface area contributed by atoms with Crippen LogP contribution in [0.3, 0.4) is 0 Å². The first-order chi connectivity index (χ1) is 8.80. The monoisotopic (exact) mass is 249 g/mol. The summed E-state index contributed by atoms with van der Waals surface area (Å²) in [6.45, 7) is 5.45. The van der Waals surface area contributed by atoms with Gasteiger partial charge in [0.15, 0.2) is 0 Å². The number of methoxy groups -OCH3 is 1. The molecule has 0 aliphatic rings. The highest BCUT2D eigenvalue weighted by Crippen LogP contribution is 2.13. The number of rotatable bonds is 9. The van der Waals surface area contributed by atoms with Gasteiger partial charge in [0, 0.05) is 12.6 Å². The molecule has 1 aromatic rings. The summed E-state index contributed by atoms with van der Waals surface area (Å²) in [5.74, 6) is 0.938. The van der Waals surface area contributed by atoms with Crippen molar-refractivity contribution in [2.75, 3.05) is 7.11 Å². The second kappa shape index (κ2) is 8.98. The van der Waals surface area contributed by atoms with Crippen molar-refractivity contribution in [3.05, 3.63) is 29.8 Å². The van der Waals surface area contributed by atoms with Gasteiger partial charge in [-0.15, -0.1) is 0 Å². The van der Waals surface area contributed by atoms with Crippen molar-refractivity contribution in [1.82, 2.24) is 5.32 Å². The quantitative estimate of drug-likeness (QED) is 0.664. The van der Waals surface area contributed by atoms with Gasteiger partial charge in [-0.1, -0.05) is 45.2 Å². The predicted molar refractivity (Wildman–Crippen MR) is 78.1 cm³/mol. The minimum Gasteiger partial charge on any atom is -0.497 e. The fraction of sp³-hybridized carbons (Fsp3) is 0.625. The number of nitrogens with one attached hydrogen (secondary N) is 1. The van der Waals surface area contributed by atoms with E-state index in [9.17, 15) is 0 Å². The van der Waals surface area contributed by atoms with Crippen molar-refractivity contribution in [2.45, 2.75) is 58.5 Å². The average Bonchev–Trinajstić information content (AvgIpc) is 2.43. The maximum atomic E-state index is 5.24. The Kier molecular flexibility index (Phi) is 7.51. The lowest BCUT2D eigenvalue weighted by Gasteiger charge is -2.17. The fourth-order valence-electron chi connectivity index (χ4n) is 2.14. The van der Waals surface area contributed by atoms with Crippen LogP contribution in [0.15, 0.2) is 24.3 Å². The van der Waals surface area contributed by atoms with Crippen LogP contribution in [0.5, 0.6) is 5.75 Å². The lowest BCUT2D eigenvalue weighted by Crippen LogP contribution is -2.27. The van der Waals surface area contributed by atoms with Gasteiger partial charge in [0.2, 0.25) is 0 Å². The van der Waals surface area contributed by atoms with Gasteiger partial charge in [-0.25, -0.2) is 0 Å². The molecule has 0 bridgehead atoms. The first-order valence-corrected chi connectivity index (χ1v) is 7.16. The van der Waals surface area contributed by atoms with Gasteiger partial charge in [-0.05, 0) is 30.5 Å². The van der Waals surface area contributed by atoms with Crippen LogP contribution < -0.4 is 10.1 Å². The van der Waals surface area contributed by atoms with Gasteiger partial charge < -0.3 is 10.1 Å². The van der Waals surface area contributed by atoms with E-state index < -0.39 is 0 Å². The van der Waals surface area contributed by atoms with E-state index in [1.165, 1.54) is 37.7 Å². The van der Waals surface area contributed by atoms with E-state index >= 15 is 0 Å². The zero-order valence-electron chi connectivity index (χ0n) is 12.0. The van der Waals surface area contributed by atoms with Crippen LogP contribution in [0.2, 0.25) is 0 Å². The van der Waals surface area contributed by atoms with Crippen LogP contribution in [0.25, 0.3) is 0 Å². The molecule has 1 N–H and O–H groups in total. The third-order valence-corrected chi connectivity index (χ3v) is 3.38. The Labute approximate surface area is 112 Å². The number of hydrogen-bond donors (Lipinski definition) is 1. The lowest BCUT2D eigenvalue weighted by atomic mass is 10.1. The van der Waals surface area contributed by atoms with Crippen molar-refractivity contribution in [3.63, 3.8) is 0 Å². The molecular formula is C16H27NO. The van der Waals surface area contributed by atoms with Crippen molar-refractivity contribution >= 4 is 0 Å². The Hall–Kier alpha value is -1.02. The molecule has 0 radical (unpaired) electrons. The normalized spacial score (nSPS) is 12.4. The van der Waals surface area contributed by atoms with E-state index in [-0.39, 0.29) is 0 Å². The highest BCUT2D eigenvalue weighted by molar-refractivity contribution is 5.28. The molecule has 2 heteroatoms. The molecule has 0 aromatic heterocycles. The SMILES string of the molecule is CCCCCC(CC)NCc1cccc(OC)c1. The van der Waals surface area contributed by atoms with Crippen molar-refractivity contribution in [1.29, 1.82) is 0 Å². The summed E-state index contributed by atoms with van der Waals surface area (Å²) in [6.07, 6.45) is 6.46. The van der Waals surface area contributed by atoms with Crippen molar-refractivity contribution < 1.29 is 4.74 Å². The number of benzene rings is 1. The van der Waals surface area contributed by atoms with Crippen LogP contribution in [-0.4, -0.2) is 13.2 Å². The number of hydrogen-bond acceptors (Lipinski definition) is 2. The molecule has 18 heavy (non-hydrogen) atoms. The van der Waals surface area contributed by atoms with Gasteiger partial charge in [-0.2, -0.15) is 0 Å². The van der Waals surface area contributed by atoms with Crippen molar-refractivity contribution in [3.8, 4) is 5.75 Å². The number of unbranched alkanes of at least 4 members (excludes halogenated alkanes) is 2. The minimum absolute atomic E-state index is 0.641. The van der Waals surface area contributed by atoms with E-state index in [4.69, 9.17) is 4.74 Å². The highest BCUT2D eigenvalue weighted by atomic mass is 16.5. The Balaban J connectivity index is 2.36. The molecule has 1 unspecified atom stereocenters. The van der Waals surface area contributed by atoms with E-state index in [0.717, 1.165) is 12.3 Å². The average molecular weight is 249 g/mol. The molecule has 1 rings (SSSR count). The zero-order valence-corrected chi connectivity index (χ0v) is 12.0. The molecular weight excluding hydrogens is 222 g/mol. The molecule has 0 spiro atoms. The van der Waals surface area contributed by atoms with Gasteiger partial charge in [-0.3, -0.25) is 0 Å². The molecule has 2 nitrogen and oxygen atoms in total. The molecule has 102 valence electrons. The first-order valence-electron chi connectivity index (χ1n) is 7.16. The maximum Gasteiger partial charge on any atom is 0.119 e. The lowest BCUT2D eigenvalue weighted by molar-refractivity contribution is 0.412. The second-order valence-corrected chi connectivity index (χ2v) is 4.83. The fourth-order valence-corrected chi connectivity index (χ4v) is 2.14. The van der Waals surface area contributed by atoms with Gasteiger partial charge in [0.1, 0.15) is 5.75 Å². The smallest absolute Gasteiger partial charge is 0.119 e. The Morgan fingerprint density at radius 3 is 2.72 bits per heavy atom. The van der Waals surface area contributed by atoms with Crippen LogP contribution in [0, 0.1) is 0 Å². The van der Waals surface area contributed by atoms with Crippen LogP contribution >= 0.6 is 0 Å². The summed E-state index contributed by atoms with van der Waals surface area (Å²) in [5.41, 5.74) is 1.29. The first kappa shape index (κ1) is 15.0. The van der Waals surface area contributed by atoms with Gasteiger partial charge in [0.05, 0.1) is 7.11 Å². The minimum atomic E-state index is 0.641. The summed E-state index contributed by atoms with van der Waals surface area (Å²) >= 11 is 0.